The fourth-order valence-electron chi connectivity index (χ4n) is 4.71. The van der Waals surface area contributed by atoms with Crippen LogP contribution in [0.5, 0.6) is 0 Å². The number of aromatic nitrogens is 5. The molecule has 1 unspecified atom stereocenters. The lowest BCUT2D eigenvalue weighted by Gasteiger charge is -2.23. The molecule has 0 radical (unpaired) electrons. The van der Waals surface area contributed by atoms with Crippen LogP contribution < -0.4 is 0 Å². The third kappa shape index (κ3) is 2.47. The van der Waals surface area contributed by atoms with E-state index in [9.17, 15) is 10.1 Å². The molecule has 3 heterocycles. The molecule has 2 aliphatic carbocycles. The normalized spacial score (nSPS) is 27.3. The van der Waals surface area contributed by atoms with Gasteiger partial charge in [0.2, 0.25) is 0 Å². The monoisotopic (exact) mass is 364 g/mol. The molecule has 3 aromatic rings. The van der Waals surface area contributed by atoms with Crippen molar-refractivity contribution in [3.63, 3.8) is 0 Å². The number of ketones is 1. The first-order valence-electron chi connectivity index (χ1n) is 9.76. The summed E-state index contributed by atoms with van der Waals surface area (Å²) in [5.74, 6) is 1.57. The molecule has 27 heavy (non-hydrogen) atoms. The summed E-state index contributed by atoms with van der Waals surface area (Å²) in [4.78, 5) is 20.6. The minimum atomic E-state index is -0.701. The number of nitrogens with one attached hydrogen (secondary N) is 1. The van der Waals surface area contributed by atoms with Crippen LogP contribution in [0.1, 0.15) is 58.6 Å². The minimum Gasteiger partial charge on any atom is -0.345 e. The van der Waals surface area contributed by atoms with Crippen LogP contribution in [0.2, 0.25) is 0 Å². The van der Waals surface area contributed by atoms with Crippen molar-refractivity contribution in [2.75, 3.05) is 0 Å². The Morgan fingerprint density at radius 3 is 3.04 bits per heavy atom. The highest BCUT2D eigenvalue weighted by Gasteiger charge is 2.53. The van der Waals surface area contributed by atoms with Gasteiger partial charge in [-0.2, -0.15) is 5.26 Å². The van der Waals surface area contributed by atoms with E-state index >= 15 is 0 Å². The van der Waals surface area contributed by atoms with E-state index in [1.165, 1.54) is 0 Å². The minimum absolute atomic E-state index is 0. The summed E-state index contributed by atoms with van der Waals surface area (Å²) in [6.45, 7) is 2.24. The fraction of sp³-hybridized carbons (Fsp3) is 0.550. The van der Waals surface area contributed by atoms with Gasteiger partial charge in [0.1, 0.15) is 11.2 Å². The van der Waals surface area contributed by atoms with E-state index in [0.717, 1.165) is 61.2 Å². The van der Waals surface area contributed by atoms with Crippen molar-refractivity contribution in [2.24, 2.45) is 17.3 Å². The van der Waals surface area contributed by atoms with Gasteiger partial charge in [0, 0.05) is 19.5 Å². The summed E-state index contributed by atoms with van der Waals surface area (Å²) >= 11 is 0. The topological polar surface area (TPSA) is 99.7 Å². The number of nitriles is 1. The lowest BCUT2D eigenvalue weighted by Crippen LogP contribution is -2.26. The molecule has 0 amide bonds. The molecule has 2 fully saturated rings. The maximum atomic E-state index is 13.0. The van der Waals surface area contributed by atoms with Crippen molar-refractivity contribution in [1.82, 2.24) is 24.6 Å². The number of carbonyl (C=O) groups excluding carboxylic acids is 1. The molecule has 0 saturated heterocycles. The molecular weight excluding hydrogens is 340 g/mol. The van der Waals surface area contributed by atoms with Gasteiger partial charge in [-0.3, -0.25) is 9.20 Å². The van der Waals surface area contributed by atoms with Crippen molar-refractivity contribution < 1.29 is 6.22 Å². The first kappa shape index (κ1) is 16.4. The van der Waals surface area contributed by atoms with E-state index in [2.05, 4.69) is 37.6 Å². The second-order valence-corrected chi connectivity index (χ2v) is 8.23. The molecule has 0 aliphatic heterocycles. The second-order valence-electron chi connectivity index (χ2n) is 8.23. The lowest BCUT2D eigenvalue weighted by atomic mass is 9.81. The van der Waals surface area contributed by atoms with Crippen LogP contribution in [0.3, 0.4) is 0 Å². The largest absolute Gasteiger partial charge is 0.345 e. The zero-order valence-electron chi connectivity index (χ0n) is 15.4. The van der Waals surface area contributed by atoms with Crippen molar-refractivity contribution in [2.45, 2.75) is 51.4 Å². The lowest BCUT2D eigenvalue weighted by molar-refractivity contribution is -0.126. The quantitative estimate of drug-likeness (QED) is 0.715. The van der Waals surface area contributed by atoms with Gasteiger partial charge in [-0.15, -0.1) is 10.2 Å². The number of carbonyl (C=O) groups is 1. The van der Waals surface area contributed by atoms with E-state index in [0.29, 0.717) is 5.92 Å². The molecule has 7 nitrogen and oxygen atoms in total. The first-order valence-corrected chi connectivity index (χ1v) is 9.76. The van der Waals surface area contributed by atoms with Crippen LogP contribution in [-0.4, -0.2) is 30.3 Å². The van der Waals surface area contributed by atoms with Crippen molar-refractivity contribution in [3.05, 3.63) is 24.3 Å². The Morgan fingerprint density at radius 1 is 1.41 bits per heavy atom. The van der Waals surface area contributed by atoms with Crippen LogP contribution in [0.4, 0.5) is 0 Å². The molecule has 0 spiro atoms. The molecule has 0 bridgehead atoms. The van der Waals surface area contributed by atoms with Crippen LogP contribution in [-0.2, 0) is 4.79 Å². The van der Waals surface area contributed by atoms with Gasteiger partial charge >= 0.3 is 0 Å². The number of fused-ring (bicyclic) bond motifs is 3. The summed E-state index contributed by atoms with van der Waals surface area (Å²) in [6.07, 6.45) is 8.75. The molecule has 0 aromatic carbocycles. The zero-order valence-corrected chi connectivity index (χ0v) is 15.4. The molecule has 3 atom stereocenters. The molecule has 1 N–H and O–H groups in total. The highest BCUT2D eigenvalue weighted by molar-refractivity contribution is 5.92. The standard InChI is InChI=1S/C20H22N6O.H2/c1-12-3-2-4-13(17(27)20(11-21)6-7-20)9-14(12)19-25-24-16-10-23-18-15(26(16)19)5-8-22-18;/h5,8,10,12-14,22H,2-4,6-7,9H2,1H3;1H/t12-,13?,14+;/m0./s1. The number of nitrogens with zero attached hydrogens (tertiary/aromatic N) is 5. The second kappa shape index (κ2) is 5.88. The number of hydrogen-bond acceptors (Lipinski definition) is 5. The highest BCUT2D eigenvalue weighted by Crippen LogP contribution is 2.50. The molecule has 5 rings (SSSR count). The van der Waals surface area contributed by atoms with Crippen LogP contribution >= 0.6 is 0 Å². The van der Waals surface area contributed by atoms with Crippen LogP contribution in [0.25, 0.3) is 16.8 Å². The van der Waals surface area contributed by atoms with Crippen LogP contribution in [0.15, 0.2) is 18.5 Å². The van der Waals surface area contributed by atoms with Gasteiger partial charge < -0.3 is 4.98 Å². The summed E-state index contributed by atoms with van der Waals surface area (Å²) in [5, 5.41) is 18.3. The fourth-order valence-corrected chi connectivity index (χ4v) is 4.71. The predicted octanol–water partition coefficient (Wildman–Crippen LogP) is 3.63. The average Bonchev–Trinajstić information content (AvgIpc) is 3.20. The van der Waals surface area contributed by atoms with Crippen molar-refractivity contribution >= 4 is 22.6 Å². The predicted molar refractivity (Wildman–Crippen MR) is 101 cm³/mol. The van der Waals surface area contributed by atoms with Gasteiger partial charge in [-0.25, -0.2) is 4.98 Å². The van der Waals surface area contributed by atoms with E-state index in [4.69, 9.17) is 0 Å². The molecule has 140 valence electrons. The number of rotatable bonds is 3. The Morgan fingerprint density at radius 2 is 2.26 bits per heavy atom. The number of Topliss-reactive ketones (excluding diaryl/α,β-unsaturated/α-hetero) is 1. The summed E-state index contributed by atoms with van der Waals surface area (Å²) in [6, 6.07) is 4.27. The Labute approximate surface area is 158 Å². The van der Waals surface area contributed by atoms with E-state index in [1.807, 2.05) is 12.3 Å². The molecule has 3 aromatic heterocycles. The van der Waals surface area contributed by atoms with Gasteiger partial charge in [0.25, 0.3) is 0 Å². The van der Waals surface area contributed by atoms with E-state index < -0.39 is 5.41 Å². The third-order valence-electron chi connectivity index (χ3n) is 6.54. The first-order chi connectivity index (χ1) is 13.1. The Bertz CT molecular complexity index is 1080. The summed E-state index contributed by atoms with van der Waals surface area (Å²) in [5.41, 5.74) is 1.79. The number of H-pyrrole nitrogens is 1. The SMILES string of the molecule is C[C@H]1CCCC(C(=O)C2(C#N)CC2)C[C@H]1c1nnc2cnc3[nH]ccc3n12.[HH]. The maximum Gasteiger partial charge on any atom is 0.179 e. The van der Waals surface area contributed by atoms with Gasteiger partial charge in [0.15, 0.2) is 17.1 Å². The van der Waals surface area contributed by atoms with Gasteiger partial charge in [-0.05, 0) is 44.1 Å². The Kier molecular flexibility index (Phi) is 3.58. The van der Waals surface area contributed by atoms with E-state index in [1.54, 1.807) is 6.20 Å². The number of aromatic amines is 1. The zero-order chi connectivity index (χ0) is 18.6. The molecular formula is C20H24N6O. The number of hydrogen-bond donors (Lipinski definition) is 1. The molecule has 7 heteroatoms. The van der Waals surface area contributed by atoms with Crippen LogP contribution in [0, 0.1) is 28.6 Å². The molecule has 2 aliphatic rings. The Hall–Kier alpha value is -2.75. The van der Waals surface area contributed by atoms with Crippen molar-refractivity contribution in [1.29, 1.82) is 5.26 Å². The smallest absolute Gasteiger partial charge is 0.179 e. The summed E-state index contributed by atoms with van der Waals surface area (Å²) in [7, 11) is 0. The van der Waals surface area contributed by atoms with Gasteiger partial charge in [0.05, 0.1) is 17.8 Å². The average molecular weight is 364 g/mol. The third-order valence-corrected chi connectivity index (χ3v) is 6.54. The maximum absolute atomic E-state index is 13.0. The highest BCUT2D eigenvalue weighted by atomic mass is 16.1. The van der Waals surface area contributed by atoms with Crippen molar-refractivity contribution in [3.8, 4) is 6.07 Å². The molecule has 2 saturated carbocycles. The van der Waals surface area contributed by atoms with E-state index in [-0.39, 0.29) is 19.0 Å². The Balaban J connectivity index is 0.00000192. The summed E-state index contributed by atoms with van der Waals surface area (Å²) < 4.78 is 2.07. The van der Waals surface area contributed by atoms with Gasteiger partial charge in [-0.1, -0.05) is 13.3 Å².